The van der Waals surface area contributed by atoms with Crippen molar-refractivity contribution in [3.05, 3.63) is 20.8 Å². The van der Waals surface area contributed by atoms with Gasteiger partial charge in [-0.15, -0.1) is 0 Å². The summed E-state index contributed by atoms with van der Waals surface area (Å²) in [5.41, 5.74) is 5.05. The molecule has 28 heavy (non-hydrogen) atoms. The van der Waals surface area contributed by atoms with Gasteiger partial charge in [0.15, 0.2) is 5.69 Å². The molecule has 0 aliphatic heterocycles. The third-order valence-electron chi connectivity index (χ3n) is 5.34. The van der Waals surface area contributed by atoms with Gasteiger partial charge in [0.2, 0.25) is 5.91 Å². The molecule has 8 nitrogen and oxygen atoms in total. The molecular weight excluding hydrogens is 360 g/mol. The standard InChI is InChI=1S/C20H34N4O4/c1-14(2)13-24-18(21)17(19(26)22-20(24)27)23(11-12-28-3)16(25)10-9-15-7-5-4-6-8-15/h14-15H,4-13,21H2,1-3H3,(H,22,26,27). The van der Waals surface area contributed by atoms with Crippen LogP contribution in [0.5, 0.6) is 0 Å². The van der Waals surface area contributed by atoms with Crippen molar-refractivity contribution in [2.75, 3.05) is 30.9 Å². The Bertz CT molecular complexity index is 762. The number of methoxy groups -OCH3 is 1. The van der Waals surface area contributed by atoms with Gasteiger partial charge < -0.3 is 15.4 Å². The highest BCUT2D eigenvalue weighted by Crippen LogP contribution is 2.28. The normalized spacial score (nSPS) is 15.1. The van der Waals surface area contributed by atoms with Gasteiger partial charge in [0.25, 0.3) is 5.56 Å². The van der Waals surface area contributed by atoms with E-state index in [0.29, 0.717) is 18.9 Å². The second-order valence-electron chi connectivity index (χ2n) is 8.08. The van der Waals surface area contributed by atoms with E-state index < -0.39 is 11.2 Å². The maximum absolute atomic E-state index is 13.0. The third kappa shape index (κ3) is 5.70. The van der Waals surface area contributed by atoms with E-state index in [-0.39, 0.29) is 36.5 Å². The number of nitrogens with one attached hydrogen (secondary N) is 1. The fraction of sp³-hybridized carbons (Fsp3) is 0.750. The monoisotopic (exact) mass is 394 g/mol. The molecule has 0 saturated heterocycles. The first-order valence-corrected chi connectivity index (χ1v) is 10.3. The average molecular weight is 395 g/mol. The first kappa shape index (κ1) is 22.2. The van der Waals surface area contributed by atoms with E-state index in [9.17, 15) is 14.4 Å². The maximum atomic E-state index is 13.0. The number of aromatic amines is 1. The number of nitrogen functional groups attached to an aromatic ring is 1. The predicted molar refractivity (Wildman–Crippen MR) is 111 cm³/mol. The number of amides is 1. The summed E-state index contributed by atoms with van der Waals surface area (Å²) in [7, 11) is 1.54. The van der Waals surface area contributed by atoms with Gasteiger partial charge in [-0.25, -0.2) is 4.79 Å². The molecule has 0 unspecified atom stereocenters. The Morgan fingerprint density at radius 1 is 1.29 bits per heavy atom. The lowest BCUT2D eigenvalue weighted by Gasteiger charge is -2.26. The van der Waals surface area contributed by atoms with Crippen molar-refractivity contribution >= 4 is 17.4 Å². The molecule has 0 aromatic carbocycles. The lowest BCUT2D eigenvalue weighted by Crippen LogP contribution is -2.43. The van der Waals surface area contributed by atoms with Crippen LogP contribution in [0.25, 0.3) is 0 Å². The number of H-pyrrole nitrogens is 1. The number of carbonyl (C=O) groups excluding carboxylic acids is 1. The molecule has 1 saturated carbocycles. The number of nitrogens with two attached hydrogens (primary N) is 1. The Hall–Kier alpha value is -2.09. The minimum absolute atomic E-state index is 0.0320. The SMILES string of the molecule is COCCN(C(=O)CCC1CCCCC1)c1c(N)n(CC(C)C)c(=O)[nH]c1=O. The summed E-state index contributed by atoms with van der Waals surface area (Å²) in [5.74, 6) is 0.597. The number of ether oxygens (including phenoxy) is 1. The molecule has 0 bridgehead atoms. The summed E-state index contributed by atoms with van der Waals surface area (Å²) in [6.07, 6.45) is 7.20. The minimum atomic E-state index is -0.635. The van der Waals surface area contributed by atoms with Crippen LogP contribution in [0.15, 0.2) is 9.59 Å². The van der Waals surface area contributed by atoms with Crippen molar-refractivity contribution in [1.82, 2.24) is 9.55 Å². The molecule has 1 aliphatic carbocycles. The van der Waals surface area contributed by atoms with Crippen molar-refractivity contribution in [3.8, 4) is 0 Å². The number of rotatable bonds is 9. The Labute approximate surface area is 166 Å². The Balaban J connectivity index is 2.29. The Morgan fingerprint density at radius 3 is 2.57 bits per heavy atom. The van der Waals surface area contributed by atoms with Crippen LogP contribution in [0.2, 0.25) is 0 Å². The van der Waals surface area contributed by atoms with Crippen LogP contribution >= 0.6 is 0 Å². The number of nitrogens with zero attached hydrogens (tertiary/aromatic N) is 2. The highest BCUT2D eigenvalue weighted by molar-refractivity contribution is 5.95. The zero-order valence-corrected chi connectivity index (χ0v) is 17.3. The first-order chi connectivity index (χ1) is 13.3. The van der Waals surface area contributed by atoms with E-state index >= 15 is 0 Å². The van der Waals surface area contributed by atoms with Gasteiger partial charge in [0, 0.05) is 26.6 Å². The van der Waals surface area contributed by atoms with Gasteiger partial charge in [-0.3, -0.25) is 19.1 Å². The topological polar surface area (TPSA) is 110 Å². The number of carbonyl (C=O) groups is 1. The van der Waals surface area contributed by atoms with E-state index in [0.717, 1.165) is 19.3 Å². The van der Waals surface area contributed by atoms with Gasteiger partial charge in [0.1, 0.15) is 5.82 Å². The molecule has 0 atom stereocenters. The van der Waals surface area contributed by atoms with E-state index in [4.69, 9.17) is 10.5 Å². The molecule has 158 valence electrons. The van der Waals surface area contributed by atoms with E-state index in [2.05, 4.69) is 4.98 Å². The van der Waals surface area contributed by atoms with Crippen LogP contribution in [0.4, 0.5) is 11.5 Å². The molecule has 1 aliphatic rings. The summed E-state index contributed by atoms with van der Waals surface area (Å²) in [4.78, 5) is 41.4. The second-order valence-corrected chi connectivity index (χ2v) is 8.08. The van der Waals surface area contributed by atoms with Crippen LogP contribution in [-0.2, 0) is 16.1 Å². The highest BCUT2D eigenvalue weighted by Gasteiger charge is 2.25. The molecule has 1 heterocycles. The van der Waals surface area contributed by atoms with E-state index in [1.54, 1.807) is 0 Å². The molecule has 2 rings (SSSR count). The maximum Gasteiger partial charge on any atom is 0.330 e. The number of aromatic nitrogens is 2. The van der Waals surface area contributed by atoms with Gasteiger partial charge in [-0.05, 0) is 18.3 Å². The summed E-state index contributed by atoms with van der Waals surface area (Å²) >= 11 is 0. The van der Waals surface area contributed by atoms with Crippen molar-refractivity contribution in [2.24, 2.45) is 11.8 Å². The zero-order chi connectivity index (χ0) is 20.7. The predicted octanol–water partition coefficient (Wildman–Crippen LogP) is 2.11. The first-order valence-electron chi connectivity index (χ1n) is 10.3. The molecule has 0 radical (unpaired) electrons. The Morgan fingerprint density at radius 2 is 1.96 bits per heavy atom. The van der Waals surface area contributed by atoms with Crippen molar-refractivity contribution in [3.63, 3.8) is 0 Å². The number of anilines is 2. The molecule has 8 heteroatoms. The lowest BCUT2D eigenvalue weighted by molar-refractivity contribution is -0.119. The fourth-order valence-electron chi connectivity index (χ4n) is 3.87. The van der Waals surface area contributed by atoms with Crippen LogP contribution in [0, 0.1) is 11.8 Å². The average Bonchev–Trinajstić information content (AvgIpc) is 2.66. The quantitative estimate of drug-likeness (QED) is 0.666. The molecule has 1 fully saturated rings. The molecule has 1 aromatic heterocycles. The second kappa shape index (κ2) is 10.5. The third-order valence-corrected chi connectivity index (χ3v) is 5.34. The zero-order valence-electron chi connectivity index (χ0n) is 17.3. The summed E-state index contributed by atoms with van der Waals surface area (Å²) in [6, 6.07) is 0. The van der Waals surface area contributed by atoms with Gasteiger partial charge in [0.05, 0.1) is 6.61 Å². The molecule has 3 N–H and O–H groups in total. The molecule has 1 aromatic rings. The van der Waals surface area contributed by atoms with Crippen LogP contribution in [0.1, 0.15) is 58.8 Å². The van der Waals surface area contributed by atoms with Crippen molar-refractivity contribution < 1.29 is 9.53 Å². The smallest absolute Gasteiger partial charge is 0.330 e. The highest BCUT2D eigenvalue weighted by atomic mass is 16.5. The molecular formula is C20H34N4O4. The number of hydrogen-bond donors (Lipinski definition) is 2. The van der Waals surface area contributed by atoms with Gasteiger partial charge in [-0.2, -0.15) is 0 Å². The largest absolute Gasteiger partial charge is 0.383 e. The number of hydrogen-bond acceptors (Lipinski definition) is 5. The van der Waals surface area contributed by atoms with Gasteiger partial charge in [-0.1, -0.05) is 46.0 Å². The van der Waals surface area contributed by atoms with Crippen LogP contribution in [0.3, 0.4) is 0 Å². The Kier molecular flexibility index (Phi) is 8.29. The molecule has 1 amide bonds. The van der Waals surface area contributed by atoms with E-state index in [1.807, 2.05) is 13.8 Å². The van der Waals surface area contributed by atoms with Gasteiger partial charge >= 0.3 is 5.69 Å². The lowest BCUT2D eigenvalue weighted by atomic mass is 9.86. The van der Waals surface area contributed by atoms with Crippen molar-refractivity contribution in [1.29, 1.82) is 0 Å². The molecule has 0 spiro atoms. The van der Waals surface area contributed by atoms with Crippen LogP contribution < -0.4 is 21.9 Å². The summed E-state index contributed by atoms with van der Waals surface area (Å²) in [6.45, 7) is 4.76. The van der Waals surface area contributed by atoms with Crippen molar-refractivity contribution in [2.45, 2.75) is 65.3 Å². The summed E-state index contributed by atoms with van der Waals surface area (Å²) < 4.78 is 6.45. The van der Waals surface area contributed by atoms with Crippen LogP contribution in [-0.4, -0.2) is 35.7 Å². The summed E-state index contributed by atoms with van der Waals surface area (Å²) in [5, 5.41) is 0. The fourth-order valence-corrected chi connectivity index (χ4v) is 3.87. The minimum Gasteiger partial charge on any atom is -0.383 e. The van der Waals surface area contributed by atoms with E-state index in [1.165, 1.54) is 35.8 Å².